The lowest BCUT2D eigenvalue weighted by Gasteiger charge is -2.21. The first-order valence-electron chi connectivity index (χ1n) is 9.29. The lowest BCUT2D eigenvalue weighted by Crippen LogP contribution is -2.23. The number of aryl methyl sites for hydroxylation is 1. The highest BCUT2D eigenvalue weighted by Crippen LogP contribution is 2.28. The Hall–Kier alpha value is -2.38. The van der Waals surface area contributed by atoms with Gasteiger partial charge in [0.25, 0.3) is 0 Å². The number of nitrogens with two attached hydrogens (primary N) is 1. The quantitative estimate of drug-likeness (QED) is 0.505. The largest absolute Gasteiger partial charge is 0.496 e. The van der Waals surface area contributed by atoms with Crippen molar-refractivity contribution < 1.29 is 14.9 Å². The topological polar surface area (TPSA) is 114 Å². The number of aromatic nitrogens is 2. The van der Waals surface area contributed by atoms with E-state index in [9.17, 15) is 10.2 Å². The molecule has 0 bridgehead atoms. The van der Waals surface area contributed by atoms with Crippen LogP contribution in [-0.4, -0.2) is 39.9 Å². The molecule has 0 amide bonds. The molecule has 0 saturated heterocycles. The summed E-state index contributed by atoms with van der Waals surface area (Å²) in [7, 11) is 1.62. The Morgan fingerprint density at radius 1 is 1.22 bits per heavy atom. The molecule has 2 rings (SSSR count). The molecule has 0 aliphatic heterocycles. The maximum Gasteiger partial charge on any atom is 0.222 e. The molecule has 7 heteroatoms. The average molecular weight is 374 g/mol. The van der Waals surface area contributed by atoms with Crippen LogP contribution in [0.2, 0.25) is 0 Å². The highest BCUT2D eigenvalue weighted by Gasteiger charge is 2.17. The molecule has 5 N–H and O–H groups in total. The molecule has 0 saturated carbocycles. The summed E-state index contributed by atoms with van der Waals surface area (Å²) in [5.74, 6) is 1.63. The summed E-state index contributed by atoms with van der Waals surface area (Å²) in [5.41, 5.74) is 9.39. The Labute approximate surface area is 160 Å². The van der Waals surface area contributed by atoms with E-state index in [1.807, 2.05) is 25.1 Å². The molecular formula is C20H30N4O3. The minimum absolute atomic E-state index is 0.0344. The number of methoxy groups -OCH3 is 1. The van der Waals surface area contributed by atoms with E-state index in [4.69, 9.17) is 10.5 Å². The Morgan fingerprint density at radius 3 is 2.63 bits per heavy atom. The molecule has 1 atom stereocenters. The van der Waals surface area contributed by atoms with Gasteiger partial charge < -0.3 is 26.0 Å². The number of aliphatic hydroxyl groups excluding tert-OH is 2. The van der Waals surface area contributed by atoms with Gasteiger partial charge in [0.05, 0.1) is 13.7 Å². The van der Waals surface area contributed by atoms with Gasteiger partial charge >= 0.3 is 0 Å². The molecule has 1 aromatic carbocycles. The average Bonchev–Trinajstić information content (AvgIpc) is 2.65. The van der Waals surface area contributed by atoms with Crippen molar-refractivity contribution in [3.05, 3.63) is 40.6 Å². The molecule has 1 heterocycles. The smallest absolute Gasteiger partial charge is 0.222 e. The molecule has 148 valence electrons. The van der Waals surface area contributed by atoms with Crippen LogP contribution in [0, 0.1) is 6.92 Å². The van der Waals surface area contributed by atoms with Gasteiger partial charge in [-0.15, -0.1) is 0 Å². The van der Waals surface area contributed by atoms with Crippen molar-refractivity contribution in [1.82, 2.24) is 9.97 Å². The predicted molar refractivity (Wildman–Crippen MR) is 107 cm³/mol. The van der Waals surface area contributed by atoms with Crippen LogP contribution >= 0.6 is 0 Å². The summed E-state index contributed by atoms with van der Waals surface area (Å²) in [6, 6.07) is 5.78. The summed E-state index contributed by atoms with van der Waals surface area (Å²) >= 11 is 0. The number of nitrogens with zero attached hydrogens (tertiary/aromatic N) is 2. The molecule has 1 aromatic heterocycles. The van der Waals surface area contributed by atoms with E-state index >= 15 is 0 Å². The zero-order valence-electron chi connectivity index (χ0n) is 16.3. The van der Waals surface area contributed by atoms with Crippen molar-refractivity contribution in [2.75, 3.05) is 24.8 Å². The number of hydrogen-bond acceptors (Lipinski definition) is 7. The molecule has 27 heavy (non-hydrogen) atoms. The van der Waals surface area contributed by atoms with Gasteiger partial charge in [0.15, 0.2) is 0 Å². The van der Waals surface area contributed by atoms with Crippen LogP contribution in [0.25, 0.3) is 0 Å². The van der Waals surface area contributed by atoms with Crippen LogP contribution in [0.3, 0.4) is 0 Å². The van der Waals surface area contributed by atoms with E-state index in [0.717, 1.165) is 35.2 Å². The SMILES string of the molecule is CCC[C@@H](CCO)Nc1nc(N)nc(C)c1Cc1ccc(CO)cc1OC. The van der Waals surface area contributed by atoms with Crippen LogP contribution < -0.4 is 15.8 Å². The molecule has 2 aromatic rings. The van der Waals surface area contributed by atoms with Crippen molar-refractivity contribution in [3.8, 4) is 5.75 Å². The van der Waals surface area contributed by atoms with Gasteiger partial charge in [0.2, 0.25) is 5.95 Å². The Morgan fingerprint density at radius 2 is 2.00 bits per heavy atom. The molecule has 0 spiro atoms. The third-order valence-electron chi connectivity index (χ3n) is 4.59. The van der Waals surface area contributed by atoms with Crippen molar-refractivity contribution in [2.45, 2.75) is 52.2 Å². The maximum absolute atomic E-state index is 9.34. The number of anilines is 2. The number of nitrogens with one attached hydrogen (secondary N) is 1. The summed E-state index contributed by atoms with van der Waals surface area (Å²) in [5, 5.41) is 22.1. The summed E-state index contributed by atoms with van der Waals surface area (Å²) in [6.07, 6.45) is 3.15. The van der Waals surface area contributed by atoms with E-state index < -0.39 is 0 Å². The minimum atomic E-state index is -0.0344. The molecule has 0 aliphatic carbocycles. The van der Waals surface area contributed by atoms with E-state index in [1.165, 1.54) is 0 Å². The van der Waals surface area contributed by atoms with E-state index in [2.05, 4.69) is 22.2 Å². The number of nitrogen functional groups attached to an aromatic ring is 1. The highest BCUT2D eigenvalue weighted by molar-refractivity contribution is 5.53. The summed E-state index contributed by atoms with van der Waals surface area (Å²) in [6.45, 7) is 4.10. The van der Waals surface area contributed by atoms with Crippen LogP contribution in [0.5, 0.6) is 5.75 Å². The van der Waals surface area contributed by atoms with Gasteiger partial charge in [-0.2, -0.15) is 4.98 Å². The van der Waals surface area contributed by atoms with Gasteiger partial charge in [-0.3, -0.25) is 0 Å². The number of aliphatic hydroxyl groups is 2. The third kappa shape index (κ3) is 5.55. The fraction of sp³-hybridized carbons (Fsp3) is 0.500. The van der Waals surface area contributed by atoms with Crippen LogP contribution in [0.15, 0.2) is 18.2 Å². The van der Waals surface area contributed by atoms with Crippen LogP contribution in [-0.2, 0) is 13.0 Å². The van der Waals surface area contributed by atoms with Crippen LogP contribution in [0.1, 0.15) is 48.6 Å². The normalized spacial score (nSPS) is 12.0. The first-order chi connectivity index (χ1) is 13.0. The van der Waals surface area contributed by atoms with Gasteiger partial charge in [-0.1, -0.05) is 25.5 Å². The fourth-order valence-corrected chi connectivity index (χ4v) is 3.16. The van der Waals surface area contributed by atoms with Gasteiger partial charge in [-0.05, 0) is 37.0 Å². The minimum Gasteiger partial charge on any atom is -0.496 e. The first kappa shape index (κ1) is 20.9. The Balaban J connectivity index is 2.38. The van der Waals surface area contributed by atoms with E-state index in [-0.39, 0.29) is 25.2 Å². The molecule has 0 radical (unpaired) electrons. The second-order valence-electron chi connectivity index (χ2n) is 6.62. The second kappa shape index (κ2) is 10.1. The molecule has 0 fully saturated rings. The number of ether oxygens (including phenoxy) is 1. The Bertz CT molecular complexity index is 746. The van der Waals surface area contributed by atoms with Crippen molar-refractivity contribution in [2.24, 2.45) is 0 Å². The van der Waals surface area contributed by atoms with E-state index in [1.54, 1.807) is 7.11 Å². The van der Waals surface area contributed by atoms with Gasteiger partial charge in [0.1, 0.15) is 11.6 Å². The van der Waals surface area contributed by atoms with Gasteiger partial charge in [0, 0.05) is 30.3 Å². The Kier molecular flexibility index (Phi) is 7.82. The van der Waals surface area contributed by atoms with Crippen molar-refractivity contribution in [3.63, 3.8) is 0 Å². The molecule has 0 aliphatic rings. The molecule has 7 nitrogen and oxygen atoms in total. The van der Waals surface area contributed by atoms with Gasteiger partial charge in [-0.25, -0.2) is 4.98 Å². The number of hydrogen-bond donors (Lipinski definition) is 4. The maximum atomic E-state index is 9.34. The molecular weight excluding hydrogens is 344 g/mol. The fourth-order valence-electron chi connectivity index (χ4n) is 3.16. The number of rotatable bonds is 10. The standard InChI is InChI=1S/C20H30N4O3/c1-4-5-16(8-9-25)23-19-17(13(2)22-20(21)24-19)11-15-7-6-14(12-26)10-18(15)27-3/h6-7,10,16,25-26H,4-5,8-9,11-12H2,1-3H3,(H3,21,22,23,24)/t16-/m0/s1. The predicted octanol–water partition coefficient (Wildman–Crippen LogP) is 2.42. The summed E-state index contributed by atoms with van der Waals surface area (Å²) in [4.78, 5) is 8.73. The highest BCUT2D eigenvalue weighted by atomic mass is 16.5. The van der Waals surface area contributed by atoms with Crippen LogP contribution in [0.4, 0.5) is 11.8 Å². The second-order valence-corrected chi connectivity index (χ2v) is 6.62. The zero-order chi connectivity index (χ0) is 19.8. The number of benzene rings is 1. The third-order valence-corrected chi connectivity index (χ3v) is 4.59. The van der Waals surface area contributed by atoms with Crippen molar-refractivity contribution >= 4 is 11.8 Å². The zero-order valence-corrected chi connectivity index (χ0v) is 16.3. The monoisotopic (exact) mass is 374 g/mol. The first-order valence-corrected chi connectivity index (χ1v) is 9.29. The molecule has 0 unspecified atom stereocenters. The van der Waals surface area contributed by atoms with E-state index in [0.29, 0.717) is 24.4 Å². The lowest BCUT2D eigenvalue weighted by atomic mass is 10.0. The lowest BCUT2D eigenvalue weighted by molar-refractivity contribution is 0.276. The summed E-state index contributed by atoms with van der Waals surface area (Å²) < 4.78 is 5.49. The van der Waals surface area contributed by atoms with Crippen molar-refractivity contribution in [1.29, 1.82) is 0 Å².